The van der Waals surface area contributed by atoms with Crippen molar-refractivity contribution in [3.8, 4) is 11.1 Å². The van der Waals surface area contributed by atoms with E-state index in [1.54, 1.807) is 7.05 Å². The van der Waals surface area contributed by atoms with Crippen LogP contribution in [-0.4, -0.2) is 66.2 Å². The first-order chi connectivity index (χ1) is 17.4. The third kappa shape index (κ3) is 5.40. The van der Waals surface area contributed by atoms with Crippen LogP contribution in [0.25, 0.3) is 11.1 Å². The van der Waals surface area contributed by atoms with Crippen molar-refractivity contribution in [1.29, 1.82) is 0 Å². The van der Waals surface area contributed by atoms with Crippen LogP contribution >= 0.6 is 0 Å². The first-order valence-corrected chi connectivity index (χ1v) is 11.9. The lowest BCUT2D eigenvalue weighted by atomic mass is 9.98. The van der Waals surface area contributed by atoms with Gasteiger partial charge < -0.3 is 19.6 Å². The Labute approximate surface area is 210 Å². The number of rotatable bonds is 9. The van der Waals surface area contributed by atoms with Crippen molar-refractivity contribution >= 4 is 18.0 Å². The van der Waals surface area contributed by atoms with Gasteiger partial charge in [0.25, 0.3) is 0 Å². The Hall–Kier alpha value is -4.13. The third-order valence-corrected chi connectivity index (χ3v) is 6.73. The number of aliphatic carboxylic acids is 1. The molecular weight excluding hydrogens is 456 g/mol. The van der Waals surface area contributed by atoms with Gasteiger partial charge in [-0.05, 0) is 27.8 Å². The highest BCUT2D eigenvalue weighted by atomic mass is 16.6. The van der Waals surface area contributed by atoms with Crippen molar-refractivity contribution in [2.75, 3.05) is 27.2 Å². The molecule has 7 nitrogen and oxygen atoms in total. The van der Waals surface area contributed by atoms with Gasteiger partial charge in [0, 0.05) is 39.4 Å². The number of likely N-dealkylation sites (N-methyl/N-ethyl adjacent to an activating group) is 1. The molecular formula is C29H30N2O5. The summed E-state index contributed by atoms with van der Waals surface area (Å²) in [6.45, 7) is 0.320. The minimum Gasteiger partial charge on any atom is -0.480 e. The number of ether oxygens (including phenoxy) is 1. The van der Waals surface area contributed by atoms with E-state index >= 15 is 0 Å². The zero-order chi connectivity index (χ0) is 25.7. The molecule has 1 aliphatic carbocycles. The van der Waals surface area contributed by atoms with Crippen LogP contribution in [0, 0.1) is 0 Å². The molecule has 7 heteroatoms. The monoisotopic (exact) mass is 486 g/mol. The largest absolute Gasteiger partial charge is 0.480 e. The van der Waals surface area contributed by atoms with E-state index in [1.807, 2.05) is 54.6 Å². The van der Waals surface area contributed by atoms with Crippen LogP contribution < -0.4 is 0 Å². The molecule has 1 atom stereocenters. The SMILES string of the molecule is CN(CCC(=O)N(C)[C@@H](Cc1ccccc1)C(=O)O)C(=O)OCC1c2ccccc2-c2ccccc21. The predicted octanol–water partition coefficient (Wildman–Crippen LogP) is 4.41. The zero-order valence-electron chi connectivity index (χ0n) is 20.5. The van der Waals surface area contributed by atoms with E-state index in [0.29, 0.717) is 0 Å². The zero-order valence-corrected chi connectivity index (χ0v) is 20.5. The van der Waals surface area contributed by atoms with Crippen molar-refractivity contribution in [1.82, 2.24) is 9.80 Å². The molecule has 186 valence electrons. The molecule has 3 aromatic rings. The van der Waals surface area contributed by atoms with Crippen molar-refractivity contribution < 1.29 is 24.2 Å². The van der Waals surface area contributed by atoms with Crippen LogP contribution in [0.1, 0.15) is 29.0 Å². The molecule has 36 heavy (non-hydrogen) atoms. The minimum atomic E-state index is -1.07. The molecule has 0 saturated carbocycles. The first kappa shape index (κ1) is 25.0. The van der Waals surface area contributed by atoms with E-state index in [9.17, 15) is 19.5 Å². The molecule has 1 N–H and O–H groups in total. The average Bonchev–Trinajstić information content (AvgIpc) is 3.22. The fourth-order valence-electron chi connectivity index (χ4n) is 4.64. The molecule has 0 fully saturated rings. The Balaban J connectivity index is 1.31. The fraction of sp³-hybridized carbons (Fsp3) is 0.276. The third-order valence-electron chi connectivity index (χ3n) is 6.73. The van der Waals surface area contributed by atoms with Crippen LogP contribution in [0.15, 0.2) is 78.9 Å². The van der Waals surface area contributed by atoms with Crippen molar-refractivity contribution in [2.45, 2.75) is 24.8 Å². The molecule has 0 heterocycles. The number of benzene rings is 3. The van der Waals surface area contributed by atoms with E-state index < -0.39 is 18.1 Å². The second-order valence-electron chi connectivity index (χ2n) is 9.02. The van der Waals surface area contributed by atoms with Gasteiger partial charge in [0.05, 0.1) is 0 Å². The lowest BCUT2D eigenvalue weighted by Crippen LogP contribution is -2.45. The van der Waals surface area contributed by atoms with E-state index in [1.165, 1.54) is 16.8 Å². The lowest BCUT2D eigenvalue weighted by molar-refractivity contribution is -0.149. The Bertz CT molecular complexity index is 1200. The van der Waals surface area contributed by atoms with Gasteiger partial charge in [0.1, 0.15) is 12.6 Å². The van der Waals surface area contributed by atoms with Crippen molar-refractivity contribution in [2.24, 2.45) is 0 Å². The molecule has 3 aromatic carbocycles. The van der Waals surface area contributed by atoms with Crippen molar-refractivity contribution in [3.63, 3.8) is 0 Å². The van der Waals surface area contributed by atoms with Crippen LogP contribution in [-0.2, 0) is 20.7 Å². The summed E-state index contributed by atoms with van der Waals surface area (Å²) in [4.78, 5) is 39.8. The molecule has 4 rings (SSSR count). The van der Waals surface area contributed by atoms with E-state index in [2.05, 4.69) is 24.3 Å². The maximum Gasteiger partial charge on any atom is 0.409 e. The Morgan fingerprint density at radius 1 is 0.861 bits per heavy atom. The lowest BCUT2D eigenvalue weighted by Gasteiger charge is -2.26. The average molecular weight is 487 g/mol. The summed E-state index contributed by atoms with van der Waals surface area (Å²) >= 11 is 0. The first-order valence-electron chi connectivity index (χ1n) is 11.9. The summed E-state index contributed by atoms with van der Waals surface area (Å²) < 4.78 is 5.63. The van der Waals surface area contributed by atoms with Gasteiger partial charge in [0.15, 0.2) is 0 Å². The van der Waals surface area contributed by atoms with Gasteiger partial charge in [-0.1, -0.05) is 78.9 Å². The standard InChI is InChI=1S/C29H30N2O5/c1-30(17-16-27(32)31(2)26(28(33)34)18-20-10-4-3-5-11-20)29(35)36-19-25-23-14-8-6-12-21(23)22-13-7-9-15-24(22)25/h3-15,25-26H,16-19H2,1-2H3,(H,33,34)/t26-/m0/s1. The van der Waals surface area contributed by atoms with Crippen LogP contribution in [0.5, 0.6) is 0 Å². The van der Waals surface area contributed by atoms with Crippen LogP contribution in [0.2, 0.25) is 0 Å². The summed E-state index contributed by atoms with van der Waals surface area (Å²) in [5, 5.41) is 9.65. The Morgan fingerprint density at radius 3 is 2.00 bits per heavy atom. The molecule has 1 aliphatic rings. The van der Waals surface area contributed by atoms with Crippen LogP contribution in [0.4, 0.5) is 4.79 Å². The molecule has 2 amide bonds. The highest BCUT2D eigenvalue weighted by molar-refractivity contribution is 5.84. The van der Waals surface area contributed by atoms with E-state index in [4.69, 9.17) is 4.74 Å². The number of fused-ring (bicyclic) bond motifs is 3. The summed E-state index contributed by atoms with van der Waals surface area (Å²) in [6, 6.07) is 24.4. The molecule has 0 unspecified atom stereocenters. The maximum atomic E-state index is 12.7. The van der Waals surface area contributed by atoms with Gasteiger partial charge in [-0.2, -0.15) is 0 Å². The molecule has 0 bridgehead atoms. The summed E-state index contributed by atoms with van der Waals surface area (Å²) in [5.41, 5.74) is 5.40. The predicted molar refractivity (Wildman–Crippen MR) is 137 cm³/mol. The van der Waals surface area contributed by atoms with Crippen molar-refractivity contribution in [3.05, 3.63) is 95.6 Å². The second-order valence-corrected chi connectivity index (χ2v) is 9.02. The molecule has 0 aromatic heterocycles. The number of carbonyl (C=O) groups is 3. The number of hydrogen-bond acceptors (Lipinski definition) is 4. The van der Waals surface area contributed by atoms with Gasteiger partial charge in [-0.3, -0.25) is 4.79 Å². The highest BCUT2D eigenvalue weighted by Gasteiger charge is 2.30. The summed E-state index contributed by atoms with van der Waals surface area (Å²) in [7, 11) is 3.06. The highest BCUT2D eigenvalue weighted by Crippen LogP contribution is 2.44. The smallest absolute Gasteiger partial charge is 0.409 e. The number of carboxylic acid groups (broad SMARTS) is 1. The summed E-state index contributed by atoms with van der Waals surface area (Å²) in [5.74, 6) is -1.46. The number of carboxylic acids is 1. The van der Waals surface area contributed by atoms with Gasteiger partial charge in [0.2, 0.25) is 5.91 Å². The minimum absolute atomic E-state index is 0.00420. The quantitative estimate of drug-likeness (QED) is 0.484. The number of carbonyl (C=O) groups excluding carboxylic acids is 2. The Kier molecular flexibility index (Phi) is 7.68. The molecule has 0 spiro atoms. The van der Waals surface area contributed by atoms with E-state index in [-0.39, 0.29) is 37.8 Å². The topological polar surface area (TPSA) is 87.2 Å². The molecule has 0 saturated heterocycles. The molecule has 0 aliphatic heterocycles. The maximum absolute atomic E-state index is 12.7. The van der Waals surface area contributed by atoms with Gasteiger partial charge in [-0.25, -0.2) is 9.59 Å². The number of hydrogen-bond donors (Lipinski definition) is 1. The van der Waals surface area contributed by atoms with E-state index in [0.717, 1.165) is 27.8 Å². The normalized spacial score (nSPS) is 12.8. The van der Waals surface area contributed by atoms with Gasteiger partial charge >= 0.3 is 12.1 Å². The summed E-state index contributed by atoms with van der Waals surface area (Å²) in [6.07, 6.45) is -0.317. The van der Waals surface area contributed by atoms with Crippen LogP contribution in [0.3, 0.4) is 0 Å². The fourth-order valence-corrected chi connectivity index (χ4v) is 4.64. The molecule has 0 radical (unpaired) electrons. The van der Waals surface area contributed by atoms with Gasteiger partial charge in [-0.15, -0.1) is 0 Å². The number of nitrogens with zero attached hydrogens (tertiary/aromatic N) is 2. The second kappa shape index (κ2) is 11.1. The number of amides is 2. The Morgan fingerprint density at radius 2 is 1.42 bits per heavy atom.